The van der Waals surface area contributed by atoms with Gasteiger partial charge in [0.05, 0.1) is 0 Å². The summed E-state index contributed by atoms with van der Waals surface area (Å²) in [5.74, 6) is 0. The minimum atomic E-state index is -0.864. The topological polar surface area (TPSA) is 12.9 Å². The van der Waals surface area contributed by atoms with Gasteiger partial charge in [0.15, 0.2) is 0 Å². The first-order valence-corrected chi connectivity index (χ1v) is 5.38. The molecule has 0 bridgehead atoms. The van der Waals surface area contributed by atoms with Gasteiger partial charge in [-0.3, -0.25) is 0 Å². The molecule has 0 spiro atoms. The fourth-order valence-corrected chi connectivity index (χ4v) is 1.37. The van der Waals surface area contributed by atoms with Gasteiger partial charge in [-0.25, -0.2) is 0 Å². The predicted octanol–water partition coefficient (Wildman–Crippen LogP) is 1.63. The van der Waals surface area contributed by atoms with Crippen LogP contribution >= 0.6 is 20.4 Å². The van der Waals surface area contributed by atoms with E-state index in [-0.39, 0.29) is 0 Å². The minimum absolute atomic E-state index is 0.737. The van der Waals surface area contributed by atoms with E-state index in [1.54, 1.807) is 12.3 Å². The van der Waals surface area contributed by atoms with E-state index in [1.807, 2.05) is 12.1 Å². The van der Waals surface area contributed by atoms with Crippen LogP contribution in [0.3, 0.4) is 0 Å². The Balaban J connectivity index is 2.85. The molecule has 0 saturated carbocycles. The molecule has 0 saturated heterocycles. The fourth-order valence-electron chi connectivity index (χ4n) is 0.402. The van der Waals surface area contributed by atoms with Crippen LogP contribution in [0.1, 0.15) is 0 Å². The van der Waals surface area contributed by atoms with Gasteiger partial charge in [-0.2, -0.15) is 0 Å². The van der Waals surface area contributed by atoms with Crippen molar-refractivity contribution in [3.05, 3.63) is 24.4 Å². The molecule has 0 radical (unpaired) electrons. The van der Waals surface area contributed by atoms with Crippen LogP contribution in [-0.2, 0) is 11.6 Å². The van der Waals surface area contributed by atoms with Crippen LogP contribution in [0.2, 0.25) is 0 Å². The fraction of sp³-hybridized carbons (Fsp3) is 0. The first-order valence-electron chi connectivity index (χ1n) is 2.17. The van der Waals surface area contributed by atoms with Crippen molar-refractivity contribution in [2.45, 2.75) is 0 Å². The Morgan fingerprint density at radius 1 is 1.33 bits per heavy atom. The number of hydrogen-bond donors (Lipinski definition) is 0. The molecular weight excluding hydrogens is 204 g/mol. The van der Waals surface area contributed by atoms with Crippen LogP contribution in [0.4, 0.5) is 0 Å². The average molecular weight is 208 g/mol. The Morgan fingerprint density at radius 3 is 2.44 bits per heavy atom. The molecule has 1 aromatic heterocycles. The second kappa shape index (κ2) is 3.41. The normalized spacial score (nSPS) is 11.1. The summed E-state index contributed by atoms with van der Waals surface area (Å²) in [6, 6.07) is 5.48. The molecular formula is C5H4Cl2NNi. The molecule has 0 amide bonds. The van der Waals surface area contributed by atoms with Crippen LogP contribution in [0.25, 0.3) is 0 Å². The molecule has 0 aliphatic rings. The molecule has 1 heterocycles. The number of aromatic nitrogens is 1. The van der Waals surface area contributed by atoms with E-state index < -0.39 is 11.6 Å². The van der Waals surface area contributed by atoms with Crippen LogP contribution in [0.5, 0.6) is 0 Å². The number of hydrogen-bond acceptors (Lipinski definition) is 1. The Kier molecular flexibility index (Phi) is 2.78. The zero-order chi connectivity index (χ0) is 6.69. The Labute approximate surface area is 66.2 Å². The average Bonchev–Trinajstić information content (AvgIpc) is 1.90. The summed E-state index contributed by atoms with van der Waals surface area (Å²) in [4.78, 5) is 3.93. The van der Waals surface area contributed by atoms with Gasteiger partial charge < -0.3 is 0 Å². The van der Waals surface area contributed by atoms with Gasteiger partial charge in [-0.05, 0) is 0 Å². The summed E-state index contributed by atoms with van der Waals surface area (Å²) in [5.41, 5.74) is 0. The van der Waals surface area contributed by atoms with Crippen LogP contribution in [0, 0.1) is 0 Å². The van der Waals surface area contributed by atoms with Crippen LogP contribution in [-0.4, -0.2) is 4.98 Å². The summed E-state index contributed by atoms with van der Waals surface area (Å²) in [6.07, 6.45) is 1.67. The molecule has 0 atom stereocenters. The van der Waals surface area contributed by atoms with Gasteiger partial charge in [-0.15, -0.1) is 0 Å². The van der Waals surface area contributed by atoms with Gasteiger partial charge in [0.25, 0.3) is 0 Å². The van der Waals surface area contributed by atoms with Gasteiger partial charge in [0.2, 0.25) is 0 Å². The van der Waals surface area contributed by atoms with Gasteiger partial charge in [-0.1, -0.05) is 0 Å². The summed E-state index contributed by atoms with van der Waals surface area (Å²) in [7, 11) is 11.1. The molecule has 0 aromatic carbocycles. The summed E-state index contributed by atoms with van der Waals surface area (Å²) >= 11 is -0.864. The Bertz CT molecular complexity index is 178. The van der Waals surface area contributed by atoms with Crippen molar-refractivity contribution in [3.8, 4) is 0 Å². The molecule has 1 aromatic rings. The van der Waals surface area contributed by atoms with Crippen molar-refractivity contribution < 1.29 is 11.6 Å². The first-order chi connectivity index (χ1) is 4.30. The zero-order valence-corrected chi connectivity index (χ0v) is 6.83. The van der Waals surface area contributed by atoms with Crippen molar-refractivity contribution in [2.24, 2.45) is 0 Å². The Morgan fingerprint density at radius 2 is 2.11 bits per heavy atom. The third-order valence-electron chi connectivity index (χ3n) is 0.733. The molecule has 0 aliphatic carbocycles. The molecule has 0 unspecified atom stereocenters. The maximum atomic E-state index is 5.55. The third kappa shape index (κ3) is 2.13. The molecule has 0 fully saturated rings. The summed E-state index contributed by atoms with van der Waals surface area (Å²) in [5, 5.41) is 0. The standard InChI is InChI=1S/C5H4N.2ClH.Ni/c1-2-4-6-5-3-1;;;/h1-4H;2*1H;/q;;;+2/p-2. The third-order valence-corrected chi connectivity index (χ3v) is 2.42. The molecule has 53 valence electrons. The zero-order valence-electron chi connectivity index (χ0n) is 4.33. The SMILES string of the molecule is [Cl][Ni]([Cl])[c]1ccccn1. The van der Waals surface area contributed by atoms with Gasteiger partial charge in [0.1, 0.15) is 0 Å². The number of halogens is 2. The molecule has 1 nitrogen and oxygen atoms in total. The number of pyridine rings is 1. The van der Waals surface area contributed by atoms with Crippen molar-refractivity contribution in [2.75, 3.05) is 0 Å². The van der Waals surface area contributed by atoms with Crippen molar-refractivity contribution in [3.63, 3.8) is 0 Å². The maximum absolute atomic E-state index is 5.55. The van der Waals surface area contributed by atoms with E-state index in [0.29, 0.717) is 0 Å². The monoisotopic (exact) mass is 206 g/mol. The molecule has 9 heavy (non-hydrogen) atoms. The summed E-state index contributed by atoms with van der Waals surface area (Å²) < 4.78 is 0.737. The van der Waals surface area contributed by atoms with E-state index in [1.165, 1.54) is 0 Å². The molecule has 1 rings (SSSR count). The van der Waals surface area contributed by atoms with Crippen LogP contribution < -0.4 is 4.66 Å². The molecule has 4 heteroatoms. The van der Waals surface area contributed by atoms with Gasteiger partial charge in [0, 0.05) is 0 Å². The van der Waals surface area contributed by atoms with E-state index in [2.05, 4.69) is 4.98 Å². The van der Waals surface area contributed by atoms with Crippen molar-refractivity contribution in [1.82, 2.24) is 4.98 Å². The first kappa shape index (κ1) is 7.33. The number of nitrogens with zero attached hydrogens (tertiary/aromatic N) is 1. The van der Waals surface area contributed by atoms with E-state index in [4.69, 9.17) is 20.4 Å². The second-order valence-corrected chi connectivity index (χ2v) is 4.78. The van der Waals surface area contributed by atoms with Crippen molar-refractivity contribution in [1.29, 1.82) is 0 Å². The molecule has 0 aliphatic heterocycles. The second-order valence-electron chi connectivity index (χ2n) is 1.29. The predicted molar refractivity (Wildman–Crippen MR) is 35.6 cm³/mol. The van der Waals surface area contributed by atoms with E-state index in [0.717, 1.165) is 4.66 Å². The molecule has 0 N–H and O–H groups in total. The van der Waals surface area contributed by atoms with E-state index in [9.17, 15) is 0 Å². The van der Waals surface area contributed by atoms with E-state index >= 15 is 0 Å². The Hall–Kier alpha value is 0.224. The number of rotatable bonds is 1. The summed E-state index contributed by atoms with van der Waals surface area (Å²) in [6.45, 7) is 0. The van der Waals surface area contributed by atoms with Crippen LogP contribution in [0.15, 0.2) is 24.4 Å². The van der Waals surface area contributed by atoms with Gasteiger partial charge >= 0.3 is 66.1 Å². The van der Waals surface area contributed by atoms with Crippen molar-refractivity contribution >= 4 is 25.1 Å². The quantitative estimate of drug-likeness (QED) is 0.638.